The highest BCUT2D eigenvalue weighted by molar-refractivity contribution is 5.65. The van der Waals surface area contributed by atoms with Crippen LogP contribution in [0.25, 0.3) is 0 Å². The first-order chi connectivity index (χ1) is 5.16. The quantitative estimate of drug-likeness (QED) is 0.427. The molecule has 0 aliphatic heterocycles. The lowest BCUT2D eigenvalue weighted by Crippen LogP contribution is -2.24. The van der Waals surface area contributed by atoms with Crippen molar-refractivity contribution in [2.24, 2.45) is 5.73 Å². The zero-order valence-corrected chi connectivity index (χ0v) is 6.75. The Morgan fingerprint density at radius 2 is 2.36 bits per heavy atom. The minimum atomic E-state index is -0.275. The normalized spacial score (nSPS) is 12.6. The summed E-state index contributed by atoms with van der Waals surface area (Å²) in [4.78, 5) is 10.3. The average molecular weight is 161 g/mol. The molecular weight excluding hydrogens is 146 g/mol. The number of hydrogen-bond donors (Lipinski definition) is 2. The fourth-order valence-corrected chi connectivity index (χ4v) is 0.653. The van der Waals surface area contributed by atoms with E-state index in [4.69, 9.17) is 10.8 Å². The Kier molecular flexibility index (Phi) is 5.78. The number of carbonyl (C=O) groups excluding carboxylic acids is 1. The van der Waals surface area contributed by atoms with Crippen molar-refractivity contribution in [3.8, 4) is 0 Å². The SMILES string of the molecule is CC(=O)OCCC[C@@H](N)CO. The summed E-state index contributed by atoms with van der Waals surface area (Å²) < 4.78 is 4.66. The second-order valence-electron chi connectivity index (χ2n) is 2.42. The number of carbonyl (C=O) groups is 1. The van der Waals surface area contributed by atoms with Crippen molar-refractivity contribution in [1.82, 2.24) is 0 Å². The van der Waals surface area contributed by atoms with E-state index < -0.39 is 0 Å². The second kappa shape index (κ2) is 6.12. The van der Waals surface area contributed by atoms with Crippen molar-refractivity contribution in [2.45, 2.75) is 25.8 Å². The summed E-state index contributed by atoms with van der Waals surface area (Å²) in [5, 5.41) is 8.51. The van der Waals surface area contributed by atoms with Gasteiger partial charge in [0.05, 0.1) is 13.2 Å². The summed E-state index contributed by atoms with van der Waals surface area (Å²) in [6.07, 6.45) is 1.39. The molecule has 0 unspecified atom stereocenters. The van der Waals surface area contributed by atoms with Crippen LogP contribution < -0.4 is 5.73 Å². The number of hydrogen-bond acceptors (Lipinski definition) is 4. The highest BCUT2D eigenvalue weighted by Gasteiger charge is 1.99. The van der Waals surface area contributed by atoms with Gasteiger partial charge in [0.1, 0.15) is 0 Å². The van der Waals surface area contributed by atoms with Gasteiger partial charge < -0.3 is 15.6 Å². The third-order valence-corrected chi connectivity index (χ3v) is 1.26. The average Bonchev–Trinajstić information content (AvgIpc) is 1.97. The molecule has 1 atom stereocenters. The lowest BCUT2D eigenvalue weighted by atomic mass is 10.2. The van der Waals surface area contributed by atoms with E-state index in [1.165, 1.54) is 6.92 Å². The molecule has 0 aromatic rings. The monoisotopic (exact) mass is 161 g/mol. The first-order valence-electron chi connectivity index (χ1n) is 3.66. The molecule has 0 aromatic heterocycles. The zero-order valence-electron chi connectivity index (χ0n) is 6.75. The van der Waals surface area contributed by atoms with Crippen LogP contribution in [0.5, 0.6) is 0 Å². The smallest absolute Gasteiger partial charge is 0.302 e. The Bertz CT molecular complexity index is 116. The Balaban J connectivity index is 3.08. The Labute approximate surface area is 66.3 Å². The molecule has 0 aliphatic carbocycles. The van der Waals surface area contributed by atoms with E-state index in [-0.39, 0.29) is 18.6 Å². The van der Waals surface area contributed by atoms with Crippen LogP contribution in [-0.2, 0) is 9.53 Å². The van der Waals surface area contributed by atoms with E-state index in [2.05, 4.69) is 4.74 Å². The van der Waals surface area contributed by atoms with Gasteiger partial charge in [0.2, 0.25) is 0 Å². The molecule has 3 N–H and O–H groups in total. The lowest BCUT2D eigenvalue weighted by Gasteiger charge is -2.06. The summed E-state index contributed by atoms with van der Waals surface area (Å²) in [5.74, 6) is -0.275. The van der Waals surface area contributed by atoms with Gasteiger partial charge in [0, 0.05) is 13.0 Å². The van der Waals surface area contributed by atoms with Crippen molar-refractivity contribution >= 4 is 5.97 Å². The fraction of sp³-hybridized carbons (Fsp3) is 0.857. The molecule has 0 heterocycles. The number of ether oxygens (including phenoxy) is 1. The minimum Gasteiger partial charge on any atom is -0.466 e. The van der Waals surface area contributed by atoms with Gasteiger partial charge in [-0.05, 0) is 12.8 Å². The standard InChI is InChI=1S/C7H15NO3/c1-6(10)11-4-2-3-7(8)5-9/h7,9H,2-5,8H2,1H3/t7-/m1/s1. The molecule has 4 nitrogen and oxygen atoms in total. The molecule has 0 aliphatic rings. The zero-order chi connectivity index (χ0) is 8.69. The van der Waals surface area contributed by atoms with Gasteiger partial charge in [0.15, 0.2) is 0 Å². The lowest BCUT2D eigenvalue weighted by molar-refractivity contribution is -0.141. The van der Waals surface area contributed by atoms with Crippen LogP contribution in [0.3, 0.4) is 0 Å². The maximum Gasteiger partial charge on any atom is 0.302 e. The third kappa shape index (κ3) is 7.29. The topological polar surface area (TPSA) is 72.5 Å². The summed E-state index contributed by atoms with van der Waals surface area (Å²) in [6, 6.07) is -0.189. The van der Waals surface area contributed by atoms with Crippen LogP contribution in [0.4, 0.5) is 0 Å². The summed E-state index contributed by atoms with van der Waals surface area (Å²) >= 11 is 0. The summed E-state index contributed by atoms with van der Waals surface area (Å²) in [6.45, 7) is 1.75. The largest absolute Gasteiger partial charge is 0.466 e. The van der Waals surface area contributed by atoms with Gasteiger partial charge in [-0.2, -0.15) is 0 Å². The fourth-order valence-electron chi connectivity index (χ4n) is 0.653. The number of nitrogens with two attached hydrogens (primary N) is 1. The summed E-state index contributed by atoms with van der Waals surface area (Å²) in [5.41, 5.74) is 5.40. The van der Waals surface area contributed by atoms with Crippen LogP contribution >= 0.6 is 0 Å². The molecule has 0 amide bonds. The molecule has 0 saturated carbocycles. The molecule has 0 fully saturated rings. The predicted molar refractivity (Wildman–Crippen MR) is 40.9 cm³/mol. The van der Waals surface area contributed by atoms with Gasteiger partial charge >= 0.3 is 5.97 Å². The Hall–Kier alpha value is -0.610. The highest BCUT2D eigenvalue weighted by atomic mass is 16.5. The van der Waals surface area contributed by atoms with Gasteiger partial charge in [-0.15, -0.1) is 0 Å². The molecule has 0 rings (SSSR count). The number of rotatable bonds is 5. The van der Waals surface area contributed by atoms with E-state index in [9.17, 15) is 4.79 Å². The maximum atomic E-state index is 10.3. The third-order valence-electron chi connectivity index (χ3n) is 1.26. The molecule has 66 valence electrons. The van der Waals surface area contributed by atoms with Crippen molar-refractivity contribution in [2.75, 3.05) is 13.2 Å². The number of aliphatic hydroxyl groups excluding tert-OH is 1. The number of esters is 1. The summed E-state index contributed by atoms with van der Waals surface area (Å²) in [7, 11) is 0. The Morgan fingerprint density at radius 1 is 1.73 bits per heavy atom. The molecule has 0 bridgehead atoms. The molecule has 4 heteroatoms. The van der Waals surface area contributed by atoms with Crippen molar-refractivity contribution < 1.29 is 14.6 Å². The van der Waals surface area contributed by atoms with Crippen LogP contribution in [0, 0.1) is 0 Å². The van der Waals surface area contributed by atoms with Crippen LogP contribution in [-0.4, -0.2) is 30.3 Å². The molecule has 0 saturated heterocycles. The maximum absolute atomic E-state index is 10.3. The van der Waals surface area contributed by atoms with Gasteiger partial charge in [-0.3, -0.25) is 4.79 Å². The minimum absolute atomic E-state index is 0.0138. The van der Waals surface area contributed by atoms with Crippen LogP contribution in [0.2, 0.25) is 0 Å². The van der Waals surface area contributed by atoms with E-state index in [1.54, 1.807) is 0 Å². The molecule has 0 aromatic carbocycles. The van der Waals surface area contributed by atoms with Crippen LogP contribution in [0.15, 0.2) is 0 Å². The van der Waals surface area contributed by atoms with Crippen molar-refractivity contribution in [3.05, 3.63) is 0 Å². The van der Waals surface area contributed by atoms with Gasteiger partial charge in [-0.25, -0.2) is 0 Å². The van der Waals surface area contributed by atoms with Crippen LogP contribution in [0.1, 0.15) is 19.8 Å². The molecular formula is C7H15NO3. The Morgan fingerprint density at radius 3 is 2.82 bits per heavy atom. The van der Waals surface area contributed by atoms with E-state index in [1.807, 2.05) is 0 Å². The van der Waals surface area contributed by atoms with Crippen molar-refractivity contribution in [3.63, 3.8) is 0 Å². The number of aliphatic hydroxyl groups is 1. The van der Waals surface area contributed by atoms with E-state index in [0.29, 0.717) is 19.4 Å². The molecule has 11 heavy (non-hydrogen) atoms. The first-order valence-corrected chi connectivity index (χ1v) is 3.66. The molecule has 0 radical (unpaired) electrons. The molecule has 0 spiro atoms. The van der Waals surface area contributed by atoms with Gasteiger partial charge in [-0.1, -0.05) is 0 Å². The van der Waals surface area contributed by atoms with E-state index in [0.717, 1.165) is 0 Å². The second-order valence-corrected chi connectivity index (χ2v) is 2.42. The van der Waals surface area contributed by atoms with E-state index >= 15 is 0 Å². The van der Waals surface area contributed by atoms with Crippen molar-refractivity contribution in [1.29, 1.82) is 0 Å². The predicted octanol–water partition coefficient (Wildman–Crippen LogP) is -0.351. The first kappa shape index (κ1) is 10.4. The van der Waals surface area contributed by atoms with Gasteiger partial charge in [0.25, 0.3) is 0 Å². The highest BCUT2D eigenvalue weighted by Crippen LogP contribution is 1.94.